The van der Waals surface area contributed by atoms with Crippen LogP contribution in [0.3, 0.4) is 0 Å². The number of halogens is 3. The highest BCUT2D eigenvalue weighted by Crippen LogP contribution is 2.18. The van der Waals surface area contributed by atoms with E-state index in [1.54, 1.807) is 0 Å². The summed E-state index contributed by atoms with van der Waals surface area (Å²) in [5, 5.41) is 10.3. The average Bonchev–Trinajstić information content (AvgIpc) is 2.95. The summed E-state index contributed by atoms with van der Waals surface area (Å²) in [6, 6.07) is 7.72. The molecule has 0 spiro atoms. The van der Waals surface area contributed by atoms with Crippen LogP contribution in [0.15, 0.2) is 44.1 Å². The lowest BCUT2D eigenvalue weighted by Gasteiger charge is -2.09. The zero-order valence-corrected chi connectivity index (χ0v) is 14.8. The van der Waals surface area contributed by atoms with Gasteiger partial charge in [-0.15, -0.1) is 5.10 Å². The first kappa shape index (κ1) is 17.1. The maximum absolute atomic E-state index is 5.96. The summed E-state index contributed by atoms with van der Waals surface area (Å²) in [5.41, 5.74) is 1.94. The number of H-pyrrole nitrogens is 1. The Bertz CT molecular complexity index is 705. The first-order valence-corrected chi connectivity index (χ1v) is 8.45. The van der Waals surface area contributed by atoms with Gasteiger partial charge in [0.15, 0.2) is 0 Å². The van der Waals surface area contributed by atoms with Gasteiger partial charge in [0.1, 0.15) is 15.5 Å². The van der Waals surface area contributed by atoms with E-state index in [4.69, 9.17) is 34.8 Å². The van der Waals surface area contributed by atoms with Crippen LogP contribution >= 0.6 is 46.6 Å². The van der Waals surface area contributed by atoms with Crippen molar-refractivity contribution in [2.45, 2.75) is 12.1 Å². The number of aryl methyl sites for hydroxylation is 1. The topological polar surface area (TPSA) is 66.0 Å². The number of thioether (sulfide) groups is 1. The van der Waals surface area contributed by atoms with Gasteiger partial charge in [0.05, 0.1) is 0 Å². The minimum atomic E-state index is -0.0798. The third-order valence-corrected chi connectivity index (χ3v) is 3.98. The third-order valence-electron chi connectivity index (χ3n) is 2.57. The van der Waals surface area contributed by atoms with Gasteiger partial charge in [-0.25, -0.2) is 5.10 Å². The molecule has 22 heavy (non-hydrogen) atoms. The van der Waals surface area contributed by atoms with E-state index in [1.165, 1.54) is 11.8 Å². The fraction of sp³-hybridized carbons (Fsp3) is 0.154. The normalized spacial score (nSPS) is 11.4. The number of aromatic amines is 1. The second kappa shape index (κ2) is 7.87. The standard InChI is InChI=1S/C13H12Cl3N5S/c1-7-3-5-8(6-4-7)11(17-10(16)9(14)15)18-12-19-13(22-2)21-20-12/h3-6H,1-2H3,(H2,17,18,19,20,21). The zero-order chi connectivity index (χ0) is 16.1. The maximum atomic E-state index is 5.96. The highest BCUT2D eigenvalue weighted by Gasteiger charge is 2.09. The molecule has 0 atom stereocenters. The Kier molecular flexibility index (Phi) is 6.14. The van der Waals surface area contributed by atoms with Crippen LogP contribution in [0.4, 0.5) is 5.95 Å². The van der Waals surface area contributed by atoms with E-state index in [-0.39, 0.29) is 9.65 Å². The molecule has 0 bridgehead atoms. The summed E-state index contributed by atoms with van der Waals surface area (Å²) in [4.78, 5) is 8.58. The largest absolute Gasteiger partial charge is 0.328 e. The van der Waals surface area contributed by atoms with Gasteiger partial charge in [0.25, 0.3) is 0 Å². The Balaban J connectivity index is 2.40. The van der Waals surface area contributed by atoms with Gasteiger partial charge in [-0.3, -0.25) is 0 Å². The van der Waals surface area contributed by atoms with Gasteiger partial charge in [-0.1, -0.05) is 76.4 Å². The molecule has 1 heterocycles. The summed E-state index contributed by atoms with van der Waals surface area (Å²) >= 11 is 18.7. The summed E-state index contributed by atoms with van der Waals surface area (Å²) in [5.74, 6) is 0.801. The fourth-order valence-corrected chi connectivity index (χ4v) is 2.01. The summed E-state index contributed by atoms with van der Waals surface area (Å²) in [6.07, 6.45) is 1.88. The van der Waals surface area contributed by atoms with Crippen LogP contribution in [-0.2, 0) is 0 Å². The van der Waals surface area contributed by atoms with Crippen LogP contribution in [0.1, 0.15) is 11.1 Å². The Morgan fingerprint density at radius 2 is 1.91 bits per heavy atom. The summed E-state index contributed by atoms with van der Waals surface area (Å²) < 4.78 is -0.0798. The third kappa shape index (κ3) is 4.64. The van der Waals surface area contributed by atoms with Crippen molar-refractivity contribution in [3.8, 4) is 0 Å². The van der Waals surface area contributed by atoms with Crippen LogP contribution in [0.2, 0.25) is 0 Å². The lowest BCUT2D eigenvalue weighted by atomic mass is 10.1. The minimum Gasteiger partial charge on any atom is -0.328 e. The molecule has 2 N–H and O–H groups in total. The highest BCUT2D eigenvalue weighted by molar-refractivity contribution is 7.98. The molecular weight excluding hydrogens is 365 g/mol. The van der Waals surface area contributed by atoms with Crippen molar-refractivity contribution in [1.82, 2.24) is 20.5 Å². The molecule has 0 fully saturated rings. The summed E-state index contributed by atoms with van der Waals surface area (Å²) in [7, 11) is 0. The zero-order valence-electron chi connectivity index (χ0n) is 11.7. The van der Waals surface area contributed by atoms with Gasteiger partial charge in [0, 0.05) is 5.56 Å². The molecule has 0 radical (unpaired) electrons. The summed E-state index contributed by atoms with van der Waals surface area (Å²) in [6.45, 7) is 2.00. The number of amidine groups is 1. The lowest BCUT2D eigenvalue weighted by molar-refractivity contribution is 0.976. The Morgan fingerprint density at radius 1 is 1.23 bits per heavy atom. The van der Waals surface area contributed by atoms with Gasteiger partial charge in [-0.2, -0.15) is 9.98 Å². The van der Waals surface area contributed by atoms with Crippen molar-refractivity contribution in [2.24, 2.45) is 4.99 Å². The lowest BCUT2D eigenvalue weighted by Crippen LogP contribution is -2.22. The van der Waals surface area contributed by atoms with Gasteiger partial charge < -0.3 is 5.32 Å². The quantitative estimate of drug-likeness (QED) is 0.360. The molecule has 1 aromatic carbocycles. The van der Waals surface area contributed by atoms with Crippen LogP contribution in [0.5, 0.6) is 0 Å². The molecule has 5 nitrogen and oxygen atoms in total. The van der Waals surface area contributed by atoms with Crippen molar-refractivity contribution in [3.63, 3.8) is 0 Å². The van der Waals surface area contributed by atoms with Crippen LogP contribution < -0.4 is 5.32 Å². The van der Waals surface area contributed by atoms with Gasteiger partial charge in [-0.05, 0) is 13.2 Å². The second-order valence-electron chi connectivity index (χ2n) is 4.17. The Labute approximate surface area is 147 Å². The SMILES string of the molecule is CSc1n[nH]c(N=C(NC(Cl)=C(Cl)Cl)c2ccc(C)cc2)n1. The van der Waals surface area contributed by atoms with Crippen molar-refractivity contribution in [3.05, 3.63) is 45.0 Å². The van der Waals surface area contributed by atoms with Crippen LogP contribution in [0.25, 0.3) is 0 Å². The fourth-order valence-electron chi connectivity index (χ4n) is 1.51. The Morgan fingerprint density at radius 3 is 2.45 bits per heavy atom. The van der Waals surface area contributed by atoms with Crippen molar-refractivity contribution < 1.29 is 0 Å². The first-order valence-electron chi connectivity index (χ1n) is 6.09. The van der Waals surface area contributed by atoms with E-state index in [0.717, 1.165) is 11.1 Å². The molecule has 0 aliphatic heterocycles. The number of nitrogens with zero attached hydrogens (tertiary/aromatic N) is 3. The smallest absolute Gasteiger partial charge is 0.248 e. The maximum Gasteiger partial charge on any atom is 0.248 e. The van der Waals surface area contributed by atoms with Crippen molar-refractivity contribution >= 4 is 58.3 Å². The predicted molar refractivity (Wildman–Crippen MR) is 93.3 cm³/mol. The van der Waals surface area contributed by atoms with Gasteiger partial charge in [0.2, 0.25) is 11.1 Å². The number of aliphatic imine (C=N–C) groups is 1. The van der Waals surface area contributed by atoms with E-state index in [1.807, 2.05) is 37.4 Å². The molecular formula is C13H12Cl3N5S. The average molecular weight is 377 g/mol. The number of hydrogen-bond donors (Lipinski definition) is 2. The van der Waals surface area contributed by atoms with Gasteiger partial charge >= 0.3 is 0 Å². The predicted octanol–water partition coefficient (Wildman–Crippen LogP) is 4.35. The minimum absolute atomic E-state index is 0.0762. The molecule has 0 saturated carbocycles. The molecule has 1 aromatic heterocycles. The number of nitrogens with one attached hydrogen (secondary N) is 2. The number of benzene rings is 1. The monoisotopic (exact) mass is 375 g/mol. The van der Waals surface area contributed by atoms with E-state index in [2.05, 4.69) is 25.5 Å². The number of rotatable bonds is 4. The molecule has 0 unspecified atom stereocenters. The Hall–Kier alpha value is -1.21. The molecule has 2 aromatic rings. The van der Waals surface area contributed by atoms with E-state index in [9.17, 15) is 0 Å². The first-order chi connectivity index (χ1) is 10.5. The van der Waals surface area contributed by atoms with E-state index in [0.29, 0.717) is 16.9 Å². The van der Waals surface area contributed by atoms with Crippen LogP contribution in [0, 0.1) is 6.92 Å². The molecule has 0 aliphatic rings. The highest BCUT2D eigenvalue weighted by atomic mass is 35.5. The van der Waals surface area contributed by atoms with Crippen molar-refractivity contribution in [2.75, 3.05) is 6.26 Å². The number of hydrogen-bond acceptors (Lipinski definition) is 4. The molecule has 2 rings (SSSR count). The van der Waals surface area contributed by atoms with Crippen LogP contribution in [-0.4, -0.2) is 27.3 Å². The second-order valence-corrected chi connectivity index (χ2v) is 6.27. The molecule has 0 saturated heterocycles. The molecule has 9 heteroatoms. The molecule has 0 aliphatic carbocycles. The van der Waals surface area contributed by atoms with Crippen molar-refractivity contribution in [1.29, 1.82) is 0 Å². The molecule has 116 valence electrons. The molecule has 0 amide bonds. The van der Waals surface area contributed by atoms with E-state index < -0.39 is 0 Å². The van der Waals surface area contributed by atoms with E-state index >= 15 is 0 Å². The number of aromatic nitrogens is 3.